The monoisotopic (exact) mass is 484 g/mol. The van der Waals surface area contributed by atoms with Crippen molar-refractivity contribution in [3.63, 3.8) is 0 Å². The van der Waals surface area contributed by atoms with Crippen LogP contribution >= 0.6 is 0 Å². The van der Waals surface area contributed by atoms with Gasteiger partial charge in [0.05, 0.1) is 38.6 Å². The number of esters is 1. The Morgan fingerprint density at radius 1 is 1.03 bits per heavy atom. The number of ether oxygens (including phenoxy) is 3. The molecule has 2 amide bonds. The predicted molar refractivity (Wildman–Crippen MR) is 128 cm³/mol. The van der Waals surface area contributed by atoms with Gasteiger partial charge in [0, 0.05) is 38.4 Å². The first-order valence-corrected chi connectivity index (χ1v) is 11.3. The van der Waals surface area contributed by atoms with Gasteiger partial charge in [0.1, 0.15) is 5.82 Å². The number of urea groups is 1. The van der Waals surface area contributed by atoms with Crippen LogP contribution in [0.5, 0.6) is 11.5 Å². The highest BCUT2D eigenvalue weighted by atomic mass is 19.1. The molecule has 1 atom stereocenters. The molecular weight excluding hydrogens is 455 g/mol. The number of benzene rings is 2. The lowest BCUT2D eigenvalue weighted by atomic mass is 9.94. The van der Waals surface area contributed by atoms with E-state index in [9.17, 15) is 14.0 Å². The molecule has 4 rings (SSSR count). The minimum atomic E-state index is -0.731. The zero-order valence-corrected chi connectivity index (χ0v) is 20.0. The predicted octanol–water partition coefficient (Wildman–Crippen LogP) is 2.45. The summed E-state index contributed by atoms with van der Waals surface area (Å²) in [6, 6.07) is 10.8. The molecule has 0 aliphatic carbocycles. The number of methoxy groups -OCH3 is 3. The molecule has 1 unspecified atom stereocenters. The van der Waals surface area contributed by atoms with Gasteiger partial charge < -0.3 is 29.7 Å². The molecule has 9 nitrogen and oxygen atoms in total. The first kappa shape index (κ1) is 24.3. The van der Waals surface area contributed by atoms with Crippen molar-refractivity contribution < 1.29 is 28.2 Å². The van der Waals surface area contributed by atoms with Gasteiger partial charge in [0.2, 0.25) is 0 Å². The largest absolute Gasteiger partial charge is 0.493 e. The minimum Gasteiger partial charge on any atom is -0.493 e. The highest BCUT2D eigenvalue weighted by Gasteiger charge is 2.35. The van der Waals surface area contributed by atoms with Gasteiger partial charge in [-0.25, -0.2) is 14.0 Å². The van der Waals surface area contributed by atoms with Crippen LogP contribution in [0.1, 0.15) is 11.6 Å². The van der Waals surface area contributed by atoms with Crippen LogP contribution in [0.2, 0.25) is 0 Å². The number of rotatable bonds is 7. The summed E-state index contributed by atoms with van der Waals surface area (Å²) in [5.41, 5.74) is 2.01. The molecule has 0 radical (unpaired) electrons. The van der Waals surface area contributed by atoms with Gasteiger partial charge in [0.15, 0.2) is 11.5 Å². The molecule has 2 aliphatic rings. The number of para-hydroxylation sites is 1. The molecular formula is C25H29FN4O5. The highest BCUT2D eigenvalue weighted by molar-refractivity contribution is 5.95. The third-order valence-electron chi connectivity index (χ3n) is 6.25. The normalized spacial score (nSPS) is 18.6. The van der Waals surface area contributed by atoms with E-state index in [-0.39, 0.29) is 5.82 Å². The molecule has 0 bridgehead atoms. The van der Waals surface area contributed by atoms with Crippen LogP contribution in [0, 0.1) is 5.82 Å². The van der Waals surface area contributed by atoms with Gasteiger partial charge in [-0.3, -0.25) is 4.90 Å². The van der Waals surface area contributed by atoms with E-state index in [2.05, 4.69) is 15.5 Å². The summed E-state index contributed by atoms with van der Waals surface area (Å²) < 4.78 is 30.0. The number of carbonyl (C=O) groups excluding carboxylic acids is 2. The zero-order chi connectivity index (χ0) is 24.9. The molecule has 2 aromatic rings. The van der Waals surface area contributed by atoms with Gasteiger partial charge >= 0.3 is 12.0 Å². The number of halogens is 1. The summed E-state index contributed by atoms with van der Waals surface area (Å²) in [5.74, 6) is 0.221. The summed E-state index contributed by atoms with van der Waals surface area (Å²) in [7, 11) is 4.36. The fourth-order valence-electron chi connectivity index (χ4n) is 4.45. The van der Waals surface area contributed by atoms with Crippen LogP contribution in [0.15, 0.2) is 53.7 Å². The first-order chi connectivity index (χ1) is 16.9. The smallest absolute Gasteiger partial charge is 0.338 e. The Labute approximate surface area is 203 Å². The Bertz CT molecular complexity index is 1130. The summed E-state index contributed by atoms with van der Waals surface area (Å²) >= 11 is 0. The number of amides is 2. The maximum absolute atomic E-state index is 14.2. The quantitative estimate of drug-likeness (QED) is 0.584. The topological polar surface area (TPSA) is 92.4 Å². The van der Waals surface area contributed by atoms with Crippen molar-refractivity contribution in [1.29, 1.82) is 0 Å². The molecule has 1 saturated heterocycles. The third-order valence-corrected chi connectivity index (χ3v) is 6.25. The van der Waals surface area contributed by atoms with Crippen LogP contribution in [0.4, 0.5) is 14.9 Å². The lowest BCUT2D eigenvalue weighted by Gasteiger charge is -2.38. The Balaban J connectivity index is 1.58. The summed E-state index contributed by atoms with van der Waals surface area (Å²) in [6.45, 7) is 2.85. The lowest BCUT2D eigenvalue weighted by molar-refractivity contribution is -0.136. The van der Waals surface area contributed by atoms with Crippen LogP contribution in [0.3, 0.4) is 0 Å². The Morgan fingerprint density at radius 2 is 1.74 bits per heavy atom. The Kier molecular flexibility index (Phi) is 7.40. The van der Waals surface area contributed by atoms with Crippen molar-refractivity contribution in [2.45, 2.75) is 6.04 Å². The molecule has 35 heavy (non-hydrogen) atoms. The van der Waals surface area contributed by atoms with Crippen molar-refractivity contribution >= 4 is 17.7 Å². The molecule has 2 heterocycles. The van der Waals surface area contributed by atoms with Crippen molar-refractivity contribution in [2.75, 3.05) is 59.0 Å². The number of nitrogens with one attached hydrogen (secondary N) is 2. The molecule has 2 aliphatic heterocycles. The molecule has 2 N–H and O–H groups in total. The first-order valence-electron chi connectivity index (χ1n) is 11.3. The van der Waals surface area contributed by atoms with E-state index in [1.807, 2.05) is 11.0 Å². The van der Waals surface area contributed by atoms with E-state index in [1.54, 1.807) is 30.3 Å². The van der Waals surface area contributed by atoms with E-state index in [1.165, 1.54) is 27.4 Å². The van der Waals surface area contributed by atoms with Gasteiger partial charge in [0.25, 0.3) is 0 Å². The van der Waals surface area contributed by atoms with Crippen molar-refractivity contribution in [3.8, 4) is 11.5 Å². The van der Waals surface area contributed by atoms with Crippen molar-refractivity contribution in [1.82, 2.24) is 15.5 Å². The zero-order valence-electron chi connectivity index (χ0n) is 20.0. The average Bonchev–Trinajstić information content (AvgIpc) is 2.88. The van der Waals surface area contributed by atoms with Gasteiger partial charge in [-0.15, -0.1) is 0 Å². The molecule has 186 valence electrons. The summed E-state index contributed by atoms with van der Waals surface area (Å²) in [4.78, 5) is 29.6. The third kappa shape index (κ3) is 5.17. The summed E-state index contributed by atoms with van der Waals surface area (Å²) in [6.07, 6.45) is 0. The van der Waals surface area contributed by atoms with Crippen LogP contribution in [-0.4, -0.2) is 71.0 Å². The molecule has 0 spiro atoms. The molecule has 2 aromatic carbocycles. The second-order valence-corrected chi connectivity index (χ2v) is 8.24. The van der Waals surface area contributed by atoms with Gasteiger partial charge in [-0.2, -0.15) is 0 Å². The number of hydrogen-bond donors (Lipinski definition) is 2. The van der Waals surface area contributed by atoms with E-state index < -0.39 is 18.0 Å². The standard InChI is InChI=1S/C25H29FN4O5/c1-33-20-9-8-16(14-21(20)34-2)23-22(24(31)35-3)18(27-25(32)28-23)15-29-10-12-30(13-11-29)19-7-5-4-6-17(19)26/h4-9,14,23H,10-13,15H2,1-3H3,(H2,27,28,32). The van der Waals surface area contributed by atoms with Gasteiger partial charge in [-0.1, -0.05) is 18.2 Å². The fraction of sp³-hybridized carbons (Fsp3) is 0.360. The number of anilines is 1. The maximum Gasteiger partial charge on any atom is 0.338 e. The maximum atomic E-state index is 14.2. The Hall–Kier alpha value is -3.79. The highest BCUT2D eigenvalue weighted by Crippen LogP contribution is 2.34. The Morgan fingerprint density at radius 3 is 2.40 bits per heavy atom. The van der Waals surface area contributed by atoms with E-state index in [4.69, 9.17) is 14.2 Å². The minimum absolute atomic E-state index is 0.250. The van der Waals surface area contributed by atoms with Crippen LogP contribution < -0.4 is 25.0 Å². The molecule has 1 fully saturated rings. The van der Waals surface area contributed by atoms with Crippen LogP contribution in [-0.2, 0) is 9.53 Å². The van der Waals surface area contributed by atoms with E-state index in [0.717, 1.165) is 0 Å². The lowest BCUT2D eigenvalue weighted by Crippen LogP contribution is -2.51. The fourth-order valence-corrected chi connectivity index (χ4v) is 4.45. The SMILES string of the molecule is COC(=O)C1=C(CN2CCN(c3ccccc3F)CC2)NC(=O)NC1c1ccc(OC)c(OC)c1. The molecule has 10 heteroatoms. The van der Waals surface area contributed by atoms with E-state index >= 15 is 0 Å². The number of piperazine rings is 1. The average molecular weight is 485 g/mol. The van der Waals surface area contributed by atoms with Crippen molar-refractivity contribution in [2.24, 2.45) is 0 Å². The number of hydrogen-bond acceptors (Lipinski definition) is 7. The summed E-state index contributed by atoms with van der Waals surface area (Å²) in [5, 5.41) is 5.60. The molecule has 0 aromatic heterocycles. The second-order valence-electron chi connectivity index (χ2n) is 8.24. The van der Waals surface area contributed by atoms with Crippen molar-refractivity contribution in [3.05, 3.63) is 65.1 Å². The number of carbonyl (C=O) groups is 2. The van der Waals surface area contributed by atoms with Crippen LogP contribution in [0.25, 0.3) is 0 Å². The number of nitrogens with zero attached hydrogens (tertiary/aromatic N) is 2. The second kappa shape index (κ2) is 10.6. The van der Waals surface area contributed by atoms with E-state index in [0.29, 0.717) is 66.7 Å². The van der Waals surface area contributed by atoms with Gasteiger partial charge in [-0.05, 0) is 29.8 Å². The molecule has 0 saturated carbocycles.